The van der Waals surface area contributed by atoms with Crippen LogP contribution >= 0.6 is 15.9 Å². The fourth-order valence-electron chi connectivity index (χ4n) is 4.62. The van der Waals surface area contributed by atoms with Crippen molar-refractivity contribution in [2.45, 2.75) is 38.1 Å². The Morgan fingerprint density at radius 2 is 2.00 bits per heavy atom. The maximum atomic E-state index is 13.4. The molecule has 3 nitrogen and oxygen atoms in total. The van der Waals surface area contributed by atoms with Gasteiger partial charge in [0.2, 0.25) is 5.91 Å². The van der Waals surface area contributed by atoms with Crippen LogP contribution in [0.25, 0.3) is 10.9 Å². The maximum absolute atomic E-state index is 13.4. The van der Waals surface area contributed by atoms with Crippen molar-refractivity contribution >= 4 is 32.7 Å². The number of benzene rings is 2. The molecule has 5 rings (SSSR count). The third-order valence-electron chi connectivity index (χ3n) is 5.94. The fourth-order valence-corrected chi connectivity index (χ4v) is 5.09. The summed E-state index contributed by atoms with van der Waals surface area (Å²) in [5, 5.41) is 1.23. The minimum absolute atomic E-state index is 0.0263. The number of carbonyl (C=O) groups excluding carboxylic acids is 1. The number of aryl methyl sites for hydroxylation is 1. The normalized spacial score (nSPS) is 19.3. The summed E-state index contributed by atoms with van der Waals surface area (Å²) in [6.07, 6.45) is 4.07. The molecule has 1 unspecified atom stereocenters. The highest BCUT2D eigenvalue weighted by molar-refractivity contribution is 9.10. The van der Waals surface area contributed by atoms with Gasteiger partial charge in [0.15, 0.2) is 0 Å². The van der Waals surface area contributed by atoms with Crippen molar-refractivity contribution in [1.29, 1.82) is 0 Å². The molecule has 0 fully saturated rings. The van der Waals surface area contributed by atoms with Crippen LogP contribution in [0.4, 0.5) is 0 Å². The second kappa shape index (κ2) is 6.27. The number of halogens is 1. The number of hydrogen-bond donors (Lipinski definition) is 1. The second-order valence-corrected chi connectivity index (χ2v) is 8.25. The molecule has 1 aliphatic carbocycles. The van der Waals surface area contributed by atoms with Gasteiger partial charge >= 0.3 is 0 Å². The summed E-state index contributed by atoms with van der Waals surface area (Å²) in [7, 11) is 0. The van der Waals surface area contributed by atoms with E-state index in [1.54, 1.807) is 0 Å². The molecule has 2 aromatic carbocycles. The van der Waals surface area contributed by atoms with E-state index in [4.69, 9.17) is 0 Å². The topological polar surface area (TPSA) is 36.1 Å². The van der Waals surface area contributed by atoms with Gasteiger partial charge in [-0.25, -0.2) is 0 Å². The largest absolute Gasteiger partial charge is 0.357 e. The first kappa shape index (κ1) is 16.1. The fraction of sp³-hybridized carbons (Fsp3) is 0.318. The SMILES string of the molecule is O=C(C1CCCc2ccccc21)N1CCc2[nH]c3c(Br)cccc3c2C1. The van der Waals surface area contributed by atoms with Crippen LogP contribution in [-0.2, 0) is 24.2 Å². The number of nitrogens with one attached hydrogen (secondary N) is 1. The van der Waals surface area contributed by atoms with Crippen molar-refractivity contribution in [2.75, 3.05) is 6.54 Å². The summed E-state index contributed by atoms with van der Waals surface area (Å²) >= 11 is 3.64. The van der Waals surface area contributed by atoms with Crippen molar-refractivity contribution in [1.82, 2.24) is 9.88 Å². The number of hydrogen-bond acceptors (Lipinski definition) is 1. The van der Waals surface area contributed by atoms with Crippen LogP contribution in [-0.4, -0.2) is 22.3 Å². The Hall–Kier alpha value is -2.07. The molecule has 2 heterocycles. The molecule has 0 saturated heterocycles. The van der Waals surface area contributed by atoms with Crippen molar-refractivity contribution in [2.24, 2.45) is 0 Å². The quantitative estimate of drug-likeness (QED) is 0.608. The Bertz CT molecular complexity index is 1010. The maximum Gasteiger partial charge on any atom is 0.230 e. The van der Waals surface area contributed by atoms with Crippen molar-refractivity contribution in [3.8, 4) is 0 Å². The highest BCUT2D eigenvalue weighted by atomic mass is 79.9. The standard InChI is InChI=1S/C22H21BrN2O/c23-19-10-4-8-16-18-13-25(12-11-20(18)24-21(16)19)22(26)17-9-3-6-14-5-1-2-7-15(14)17/h1-2,4-5,7-8,10,17,24H,3,6,9,11-13H2. The van der Waals surface area contributed by atoms with Crippen molar-refractivity contribution in [3.05, 3.63) is 69.3 Å². The molecule has 2 aliphatic rings. The smallest absolute Gasteiger partial charge is 0.230 e. The van der Waals surface area contributed by atoms with Gasteiger partial charge in [-0.2, -0.15) is 0 Å². The van der Waals surface area contributed by atoms with E-state index in [1.165, 1.54) is 27.8 Å². The van der Waals surface area contributed by atoms with E-state index in [0.717, 1.165) is 42.2 Å². The zero-order valence-corrected chi connectivity index (χ0v) is 16.2. The first-order chi connectivity index (χ1) is 12.7. The van der Waals surface area contributed by atoms with Gasteiger partial charge in [0, 0.05) is 40.6 Å². The Balaban J connectivity index is 1.47. The monoisotopic (exact) mass is 408 g/mol. The van der Waals surface area contributed by atoms with E-state index in [2.05, 4.69) is 68.3 Å². The minimum atomic E-state index is 0.0263. The van der Waals surface area contributed by atoms with Crippen LogP contribution in [0, 0.1) is 0 Å². The molecule has 1 N–H and O–H groups in total. The Morgan fingerprint density at radius 3 is 2.92 bits per heavy atom. The van der Waals surface area contributed by atoms with Crippen LogP contribution < -0.4 is 0 Å². The lowest BCUT2D eigenvalue weighted by molar-refractivity contribution is -0.134. The molecule has 1 amide bonds. The molecular weight excluding hydrogens is 388 g/mol. The number of aromatic amines is 1. The summed E-state index contributed by atoms with van der Waals surface area (Å²) in [5.41, 5.74) is 6.31. The average molecular weight is 409 g/mol. The van der Waals surface area contributed by atoms with E-state index < -0.39 is 0 Å². The van der Waals surface area contributed by atoms with Gasteiger partial charge < -0.3 is 9.88 Å². The molecule has 0 spiro atoms. The molecule has 26 heavy (non-hydrogen) atoms. The molecule has 3 aromatic rings. The van der Waals surface area contributed by atoms with Crippen LogP contribution in [0.1, 0.15) is 41.1 Å². The highest BCUT2D eigenvalue weighted by Gasteiger charge is 2.32. The lowest BCUT2D eigenvalue weighted by Crippen LogP contribution is -2.39. The van der Waals surface area contributed by atoms with E-state index >= 15 is 0 Å². The van der Waals surface area contributed by atoms with Gasteiger partial charge in [-0.05, 0) is 52.4 Å². The molecule has 1 atom stereocenters. The Labute approximate surface area is 161 Å². The summed E-state index contributed by atoms with van der Waals surface area (Å²) in [5.74, 6) is 0.325. The van der Waals surface area contributed by atoms with Crippen LogP contribution in [0.2, 0.25) is 0 Å². The first-order valence-corrected chi connectivity index (χ1v) is 10.2. The summed E-state index contributed by atoms with van der Waals surface area (Å²) in [6.45, 7) is 1.51. The minimum Gasteiger partial charge on any atom is -0.357 e. The number of aromatic nitrogens is 1. The molecule has 1 aromatic heterocycles. The van der Waals surface area contributed by atoms with Crippen LogP contribution in [0.3, 0.4) is 0 Å². The van der Waals surface area contributed by atoms with Gasteiger partial charge in [-0.15, -0.1) is 0 Å². The molecule has 0 bridgehead atoms. The first-order valence-electron chi connectivity index (χ1n) is 9.37. The lowest BCUT2D eigenvalue weighted by Gasteiger charge is -2.33. The van der Waals surface area contributed by atoms with E-state index in [-0.39, 0.29) is 5.92 Å². The van der Waals surface area contributed by atoms with E-state index in [9.17, 15) is 4.79 Å². The molecule has 132 valence electrons. The number of H-pyrrole nitrogens is 1. The van der Waals surface area contributed by atoms with Gasteiger partial charge in [0.05, 0.1) is 11.4 Å². The zero-order valence-electron chi connectivity index (χ0n) is 14.6. The van der Waals surface area contributed by atoms with E-state index in [0.29, 0.717) is 12.5 Å². The van der Waals surface area contributed by atoms with Crippen molar-refractivity contribution < 1.29 is 4.79 Å². The number of amides is 1. The predicted molar refractivity (Wildman–Crippen MR) is 107 cm³/mol. The van der Waals surface area contributed by atoms with Gasteiger partial charge in [-0.1, -0.05) is 36.4 Å². The summed E-state index contributed by atoms with van der Waals surface area (Å²) in [6, 6.07) is 14.8. The Kier molecular flexibility index (Phi) is 3.89. The number of rotatable bonds is 1. The predicted octanol–water partition coefficient (Wildman–Crippen LogP) is 4.94. The van der Waals surface area contributed by atoms with Gasteiger partial charge in [-0.3, -0.25) is 4.79 Å². The molecule has 4 heteroatoms. The van der Waals surface area contributed by atoms with Gasteiger partial charge in [0.25, 0.3) is 0 Å². The van der Waals surface area contributed by atoms with Crippen LogP contribution in [0.15, 0.2) is 46.9 Å². The third-order valence-corrected chi connectivity index (χ3v) is 6.60. The molecule has 1 aliphatic heterocycles. The molecule has 0 radical (unpaired) electrons. The highest BCUT2D eigenvalue weighted by Crippen LogP contribution is 2.36. The molecular formula is C22H21BrN2O. The third kappa shape index (κ3) is 2.50. The number of carbonyl (C=O) groups is 1. The zero-order chi connectivity index (χ0) is 17.7. The summed E-state index contributed by atoms with van der Waals surface area (Å²) < 4.78 is 1.09. The van der Waals surface area contributed by atoms with Crippen molar-refractivity contribution in [3.63, 3.8) is 0 Å². The molecule has 0 saturated carbocycles. The lowest BCUT2D eigenvalue weighted by atomic mass is 9.82. The number of fused-ring (bicyclic) bond motifs is 4. The summed E-state index contributed by atoms with van der Waals surface area (Å²) in [4.78, 5) is 19.0. The van der Waals surface area contributed by atoms with Gasteiger partial charge in [0.1, 0.15) is 0 Å². The average Bonchev–Trinajstić information content (AvgIpc) is 3.06. The van der Waals surface area contributed by atoms with Crippen LogP contribution in [0.5, 0.6) is 0 Å². The number of nitrogens with zero attached hydrogens (tertiary/aromatic N) is 1. The van der Waals surface area contributed by atoms with E-state index in [1.807, 2.05) is 0 Å². The number of para-hydroxylation sites is 1. The Morgan fingerprint density at radius 1 is 1.12 bits per heavy atom. The second-order valence-electron chi connectivity index (χ2n) is 7.40.